The summed E-state index contributed by atoms with van der Waals surface area (Å²) in [5.41, 5.74) is 3.43. The molecule has 2 amide bonds. The van der Waals surface area contributed by atoms with Crippen LogP contribution in [-0.2, 0) is 0 Å². The van der Waals surface area contributed by atoms with Gasteiger partial charge >= 0.3 is 0 Å². The smallest absolute Gasteiger partial charge is 0.254 e. The molecular weight excluding hydrogens is 384 g/mol. The van der Waals surface area contributed by atoms with Crippen molar-refractivity contribution < 1.29 is 9.59 Å². The fraction of sp³-hybridized carbons (Fsp3) is 0.259. The van der Waals surface area contributed by atoms with Gasteiger partial charge in [0, 0.05) is 30.3 Å². The Kier molecular flexibility index (Phi) is 6.78. The SMILES string of the molecule is O=C(NCC[C@H]1CCCCN1C(=O)c1ccccc1-c1ccccc1)c1ccccc1. The van der Waals surface area contributed by atoms with E-state index in [0.717, 1.165) is 48.9 Å². The topological polar surface area (TPSA) is 49.4 Å². The lowest BCUT2D eigenvalue weighted by atomic mass is 9.95. The van der Waals surface area contributed by atoms with Crippen molar-refractivity contribution >= 4 is 11.8 Å². The van der Waals surface area contributed by atoms with Crippen molar-refractivity contribution in [2.45, 2.75) is 31.7 Å². The van der Waals surface area contributed by atoms with E-state index in [-0.39, 0.29) is 17.9 Å². The van der Waals surface area contributed by atoms with E-state index in [2.05, 4.69) is 5.32 Å². The number of rotatable bonds is 6. The standard InChI is InChI=1S/C27H28N2O2/c30-26(22-13-5-2-6-14-22)28-19-18-23-15-9-10-20-29(23)27(31)25-17-8-7-16-24(25)21-11-3-1-4-12-21/h1-8,11-14,16-17,23H,9-10,15,18-20H2,(H,28,30)/t23-/m1/s1. The molecule has 1 N–H and O–H groups in total. The molecule has 1 fully saturated rings. The molecule has 0 spiro atoms. The molecule has 1 heterocycles. The molecule has 0 radical (unpaired) electrons. The Morgan fingerprint density at radius 2 is 1.52 bits per heavy atom. The van der Waals surface area contributed by atoms with Gasteiger partial charge in [-0.25, -0.2) is 0 Å². The average Bonchev–Trinajstić information content (AvgIpc) is 2.85. The summed E-state index contributed by atoms with van der Waals surface area (Å²) in [6, 6.07) is 27.3. The Morgan fingerprint density at radius 1 is 0.839 bits per heavy atom. The number of nitrogens with zero attached hydrogens (tertiary/aromatic N) is 1. The molecule has 4 nitrogen and oxygen atoms in total. The molecule has 4 heteroatoms. The number of likely N-dealkylation sites (tertiary alicyclic amines) is 1. The zero-order valence-electron chi connectivity index (χ0n) is 17.7. The van der Waals surface area contributed by atoms with Crippen molar-refractivity contribution in [3.63, 3.8) is 0 Å². The number of piperidine rings is 1. The Bertz CT molecular complexity index is 1020. The van der Waals surface area contributed by atoms with E-state index < -0.39 is 0 Å². The molecule has 4 rings (SSSR count). The summed E-state index contributed by atoms with van der Waals surface area (Å²) in [6.45, 7) is 1.32. The molecule has 0 bridgehead atoms. The highest BCUT2D eigenvalue weighted by atomic mass is 16.2. The van der Waals surface area contributed by atoms with Crippen molar-refractivity contribution in [3.8, 4) is 11.1 Å². The van der Waals surface area contributed by atoms with E-state index in [1.807, 2.05) is 89.8 Å². The number of hydrogen-bond acceptors (Lipinski definition) is 2. The molecule has 1 saturated heterocycles. The molecular formula is C27H28N2O2. The molecule has 1 aliphatic rings. The molecule has 1 atom stereocenters. The minimum absolute atomic E-state index is 0.0660. The van der Waals surface area contributed by atoms with Crippen LogP contribution in [0.5, 0.6) is 0 Å². The Morgan fingerprint density at radius 3 is 2.29 bits per heavy atom. The maximum atomic E-state index is 13.6. The Balaban J connectivity index is 1.45. The van der Waals surface area contributed by atoms with E-state index in [1.165, 1.54) is 0 Å². The summed E-state index contributed by atoms with van der Waals surface area (Å²) >= 11 is 0. The number of nitrogens with one attached hydrogen (secondary N) is 1. The molecule has 158 valence electrons. The maximum Gasteiger partial charge on any atom is 0.254 e. The van der Waals surface area contributed by atoms with Gasteiger partial charge in [-0.2, -0.15) is 0 Å². The molecule has 0 saturated carbocycles. The van der Waals surface area contributed by atoms with Crippen LogP contribution in [0.25, 0.3) is 11.1 Å². The van der Waals surface area contributed by atoms with Crippen LogP contribution in [0.4, 0.5) is 0 Å². The number of carbonyl (C=O) groups is 2. The highest BCUT2D eigenvalue weighted by molar-refractivity contribution is 6.01. The quantitative estimate of drug-likeness (QED) is 0.607. The van der Waals surface area contributed by atoms with Crippen LogP contribution in [0.1, 0.15) is 46.4 Å². The lowest BCUT2D eigenvalue weighted by Crippen LogP contribution is -2.45. The lowest BCUT2D eigenvalue weighted by molar-refractivity contribution is 0.0602. The van der Waals surface area contributed by atoms with E-state index in [9.17, 15) is 9.59 Å². The fourth-order valence-electron chi connectivity index (χ4n) is 4.31. The van der Waals surface area contributed by atoms with E-state index in [4.69, 9.17) is 0 Å². The number of hydrogen-bond donors (Lipinski definition) is 1. The first-order valence-corrected chi connectivity index (χ1v) is 11.0. The van der Waals surface area contributed by atoms with Gasteiger partial charge in [0.1, 0.15) is 0 Å². The molecule has 0 aliphatic carbocycles. The third-order valence-electron chi connectivity index (χ3n) is 5.93. The Labute approximate surface area is 183 Å². The maximum absolute atomic E-state index is 13.6. The zero-order valence-corrected chi connectivity index (χ0v) is 17.7. The summed E-state index contributed by atoms with van der Waals surface area (Å²) < 4.78 is 0. The minimum atomic E-state index is -0.0660. The van der Waals surface area contributed by atoms with Gasteiger partial charge in [-0.15, -0.1) is 0 Å². The molecule has 0 unspecified atom stereocenters. The second-order valence-corrected chi connectivity index (χ2v) is 7.97. The second kappa shape index (κ2) is 10.1. The van der Waals surface area contributed by atoms with Crippen LogP contribution in [0.3, 0.4) is 0 Å². The van der Waals surface area contributed by atoms with E-state index >= 15 is 0 Å². The monoisotopic (exact) mass is 412 g/mol. The largest absolute Gasteiger partial charge is 0.352 e. The molecule has 3 aromatic carbocycles. The van der Waals surface area contributed by atoms with Gasteiger partial charge < -0.3 is 10.2 Å². The Hall–Kier alpha value is -3.40. The predicted octanol–water partition coefficient (Wildman–Crippen LogP) is 5.17. The van der Waals surface area contributed by atoms with Crippen molar-refractivity contribution in [2.75, 3.05) is 13.1 Å². The zero-order chi connectivity index (χ0) is 21.5. The van der Waals surface area contributed by atoms with E-state index in [1.54, 1.807) is 0 Å². The normalized spacial score (nSPS) is 16.0. The third kappa shape index (κ3) is 5.02. The highest BCUT2D eigenvalue weighted by Gasteiger charge is 2.28. The van der Waals surface area contributed by atoms with Crippen LogP contribution in [0, 0.1) is 0 Å². The summed E-state index contributed by atoms with van der Waals surface area (Å²) in [6.07, 6.45) is 3.87. The predicted molar refractivity (Wildman–Crippen MR) is 124 cm³/mol. The van der Waals surface area contributed by atoms with Gasteiger partial charge in [0.2, 0.25) is 0 Å². The van der Waals surface area contributed by atoms with Gasteiger partial charge in [-0.3, -0.25) is 9.59 Å². The number of carbonyl (C=O) groups excluding carboxylic acids is 2. The van der Waals surface area contributed by atoms with Crippen LogP contribution in [-0.4, -0.2) is 35.8 Å². The van der Waals surface area contributed by atoms with Gasteiger partial charge in [0.15, 0.2) is 0 Å². The van der Waals surface area contributed by atoms with Crippen molar-refractivity contribution in [1.82, 2.24) is 10.2 Å². The summed E-state index contributed by atoms with van der Waals surface area (Å²) in [4.78, 5) is 27.9. The molecule has 3 aromatic rings. The lowest BCUT2D eigenvalue weighted by Gasteiger charge is -2.36. The summed E-state index contributed by atoms with van der Waals surface area (Å²) in [7, 11) is 0. The van der Waals surface area contributed by atoms with Crippen molar-refractivity contribution in [1.29, 1.82) is 0 Å². The summed E-state index contributed by atoms with van der Waals surface area (Å²) in [5.74, 6) is 0.0160. The highest BCUT2D eigenvalue weighted by Crippen LogP contribution is 2.28. The first kappa shape index (κ1) is 20.9. The van der Waals surface area contributed by atoms with Crippen molar-refractivity contribution in [2.24, 2.45) is 0 Å². The first-order valence-electron chi connectivity index (χ1n) is 11.0. The average molecular weight is 413 g/mol. The molecule has 0 aromatic heterocycles. The van der Waals surface area contributed by atoms with Gasteiger partial charge in [-0.05, 0) is 55.0 Å². The third-order valence-corrected chi connectivity index (χ3v) is 5.93. The molecule has 1 aliphatic heterocycles. The van der Waals surface area contributed by atoms with Crippen LogP contribution in [0.2, 0.25) is 0 Å². The number of amides is 2. The fourth-order valence-corrected chi connectivity index (χ4v) is 4.31. The van der Waals surface area contributed by atoms with Gasteiger partial charge in [-0.1, -0.05) is 66.7 Å². The van der Waals surface area contributed by atoms with E-state index in [0.29, 0.717) is 12.1 Å². The van der Waals surface area contributed by atoms with Crippen LogP contribution >= 0.6 is 0 Å². The van der Waals surface area contributed by atoms with Gasteiger partial charge in [0.25, 0.3) is 11.8 Å². The summed E-state index contributed by atoms with van der Waals surface area (Å²) in [5, 5.41) is 3.01. The van der Waals surface area contributed by atoms with Crippen LogP contribution < -0.4 is 5.32 Å². The second-order valence-electron chi connectivity index (χ2n) is 7.97. The van der Waals surface area contributed by atoms with Crippen LogP contribution in [0.15, 0.2) is 84.9 Å². The van der Waals surface area contributed by atoms with Crippen molar-refractivity contribution in [3.05, 3.63) is 96.1 Å². The minimum Gasteiger partial charge on any atom is -0.352 e. The number of benzene rings is 3. The first-order chi connectivity index (χ1) is 15.2. The molecule has 31 heavy (non-hydrogen) atoms. The van der Waals surface area contributed by atoms with Gasteiger partial charge in [0.05, 0.1) is 0 Å².